The van der Waals surface area contributed by atoms with Crippen LogP contribution in [0.2, 0.25) is 5.02 Å². The molecule has 6 heteroatoms. The Hall–Kier alpha value is -1.46. The van der Waals surface area contributed by atoms with Crippen molar-refractivity contribution in [3.8, 4) is 5.75 Å². The summed E-state index contributed by atoms with van der Waals surface area (Å²) in [5.74, 6) is 1.53. The predicted molar refractivity (Wildman–Crippen MR) is 78.2 cm³/mol. The lowest BCUT2D eigenvalue weighted by Crippen LogP contribution is -2.40. The van der Waals surface area contributed by atoms with Gasteiger partial charge < -0.3 is 20.1 Å². The molecule has 0 saturated heterocycles. The molecule has 0 unspecified atom stereocenters. The van der Waals surface area contributed by atoms with Crippen LogP contribution in [0.25, 0.3) is 0 Å². The molecule has 5 nitrogen and oxygen atoms in total. The van der Waals surface area contributed by atoms with Gasteiger partial charge in [-0.15, -0.1) is 0 Å². The highest BCUT2D eigenvalue weighted by molar-refractivity contribution is 6.30. The van der Waals surface area contributed by atoms with E-state index in [4.69, 9.17) is 21.1 Å². The second kappa shape index (κ2) is 9.47. The lowest BCUT2D eigenvalue weighted by atomic mass is 10.3. The second-order valence-electron chi connectivity index (χ2n) is 3.72. The lowest BCUT2D eigenvalue weighted by molar-refractivity contribution is 0.203. The highest BCUT2D eigenvalue weighted by Crippen LogP contribution is 2.14. The van der Waals surface area contributed by atoms with Gasteiger partial charge in [-0.3, -0.25) is 4.99 Å². The maximum absolute atomic E-state index is 5.79. The zero-order valence-corrected chi connectivity index (χ0v) is 12.0. The molecule has 0 radical (unpaired) electrons. The van der Waals surface area contributed by atoms with Gasteiger partial charge in [0, 0.05) is 25.7 Å². The molecule has 106 valence electrons. The topological polar surface area (TPSA) is 54.9 Å². The van der Waals surface area contributed by atoms with Crippen LogP contribution in [0.4, 0.5) is 0 Å². The minimum atomic E-state index is 0.548. The van der Waals surface area contributed by atoms with E-state index in [9.17, 15) is 0 Å². The fourth-order valence-electron chi connectivity index (χ4n) is 1.36. The minimum Gasteiger partial charge on any atom is -0.492 e. The molecule has 0 spiro atoms. The number of methoxy groups -OCH3 is 1. The predicted octanol–water partition coefficient (Wildman–Crippen LogP) is 1.53. The van der Waals surface area contributed by atoms with Crippen molar-refractivity contribution in [2.24, 2.45) is 4.99 Å². The lowest BCUT2D eigenvalue weighted by Gasteiger charge is -2.12. The first-order chi connectivity index (χ1) is 9.26. The van der Waals surface area contributed by atoms with Crippen LogP contribution in [0, 0.1) is 0 Å². The fraction of sp³-hybridized carbons (Fsp3) is 0.462. The number of ether oxygens (including phenoxy) is 2. The third-order valence-electron chi connectivity index (χ3n) is 2.30. The Bertz CT molecular complexity index is 382. The van der Waals surface area contributed by atoms with Gasteiger partial charge in [0.2, 0.25) is 0 Å². The number of rotatable bonds is 7. The van der Waals surface area contributed by atoms with Gasteiger partial charge in [0.15, 0.2) is 5.96 Å². The van der Waals surface area contributed by atoms with Crippen molar-refractivity contribution in [3.05, 3.63) is 29.3 Å². The Labute approximate surface area is 119 Å². The van der Waals surface area contributed by atoms with Gasteiger partial charge in [-0.1, -0.05) is 11.6 Å². The van der Waals surface area contributed by atoms with Crippen LogP contribution in [-0.4, -0.2) is 46.4 Å². The van der Waals surface area contributed by atoms with Crippen LogP contribution in [0.15, 0.2) is 29.3 Å². The molecule has 1 rings (SSSR count). The number of benzene rings is 1. The third-order valence-corrected chi connectivity index (χ3v) is 2.55. The molecule has 1 aromatic rings. The first kappa shape index (κ1) is 15.6. The normalized spacial score (nSPS) is 11.2. The van der Waals surface area contributed by atoms with Gasteiger partial charge in [0.1, 0.15) is 12.4 Å². The fourth-order valence-corrected chi connectivity index (χ4v) is 1.49. The van der Waals surface area contributed by atoms with Crippen molar-refractivity contribution in [3.63, 3.8) is 0 Å². The molecule has 0 aliphatic carbocycles. The van der Waals surface area contributed by atoms with E-state index < -0.39 is 0 Å². The van der Waals surface area contributed by atoms with Crippen LogP contribution in [-0.2, 0) is 4.74 Å². The van der Waals surface area contributed by atoms with E-state index in [1.54, 1.807) is 26.3 Å². The number of nitrogens with zero attached hydrogens (tertiary/aromatic N) is 1. The number of hydrogen-bond acceptors (Lipinski definition) is 3. The molecule has 0 amide bonds. The monoisotopic (exact) mass is 285 g/mol. The van der Waals surface area contributed by atoms with E-state index in [2.05, 4.69) is 15.6 Å². The number of nitrogens with one attached hydrogen (secondary N) is 2. The molecule has 0 aliphatic rings. The Morgan fingerprint density at radius 1 is 1.16 bits per heavy atom. The van der Waals surface area contributed by atoms with E-state index in [1.807, 2.05) is 12.1 Å². The Kier molecular flexibility index (Phi) is 7.77. The molecule has 0 fully saturated rings. The van der Waals surface area contributed by atoms with Crippen LogP contribution in [0.3, 0.4) is 0 Å². The molecule has 0 aromatic heterocycles. The van der Waals surface area contributed by atoms with Gasteiger partial charge in [0.05, 0.1) is 13.2 Å². The third kappa shape index (κ3) is 6.88. The first-order valence-electron chi connectivity index (χ1n) is 6.08. The summed E-state index contributed by atoms with van der Waals surface area (Å²) in [7, 11) is 3.39. The van der Waals surface area contributed by atoms with Crippen LogP contribution in [0.5, 0.6) is 5.75 Å². The standard InChI is InChI=1S/C13H20ClN3O2/c1-15-13(16-7-9-18-2)17-8-10-19-12-5-3-11(14)4-6-12/h3-6H,7-10H2,1-2H3,(H2,15,16,17). The van der Waals surface area contributed by atoms with Crippen LogP contribution >= 0.6 is 11.6 Å². The van der Waals surface area contributed by atoms with Crippen LogP contribution in [0.1, 0.15) is 0 Å². The molecule has 0 saturated carbocycles. The van der Waals surface area contributed by atoms with Crippen molar-refractivity contribution < 1.29 is 9.47 Å². The van der Waals surface area contributed by atoms with Crippen molar-refractivity contribution >= 4 is 17.6 Å². The van der Waals surface area contributed by atoms with Crippen molar-refractivity contribution in [2.75, 3.05) is 40.5 Å². The molecular weight excluding hydrogens is 266 g/mol. The van der Waals surface area contributed by atoms with Gasteiger partial charge >= 0.3 is 0 Å². The van der Waals surface area contributed by atoms with Gasteiger partial charge in [0.25, 0.3) is 0 Å². The summed E-state index contributed by atoms with van der Waals surface area (Å²) in [6.07, 6.45) is 0. The molecule has 0 atom stereocenters. The largest absolute Gasteiger partial charge is 0.492 e. The molecule has 2 N–H and O–H groups in total. The smallest absolute Gasteiger partial charge is 0.191 e. The van der Waals surface area contributed by atoms with Crippen molar-refractivity contribution in [1.82, 2.24) is 10.6 Å². The van der Waals surface area contributed by atoms with E-state index >= 15 is 0 Å². The summed E-state index contributed by atoms with van der Waals surface area (Å²) in [5.41, 5.74) is 0. The Morgan fingerprint density at radius 3 is 2.37 bits per heavy atom. The summed E-state index contributed by atoms with van der Waals surface area (Å²) in [6.45, 7) is 2.57. The molecule has 19 heavy (non-hydrogen) atoms. The average Bonchev–Trinajstić information content (AvgIpc) is 2.43. The maximum atomic E-state index is 5.79. The van der Waals surface area contributed by atoms with Crippen molar-refractivity contribution in [1.29, 1.82) is 0 Å². The van der Waals surface area contributed by atoms with E-state index in [-0.39, 0.29) is 0 Å². The zero-order valence-electron chi connectivity index (χ0n) is 11.3. The van der Waals surface area contributed by atoms with E-state index in [1.165, 1.54) is 0 Å². The highest BCUT2D eigenvalue weighted by atomic mass is 35.5. The van der Waals surface area contributed by atoms with Gasteiger partial charge in [-0.25, -0.2) is 0 Å². The summed E-state index contributed by atoms with van der Waals surface area (Å²) < 4.78 is 10.5. The second-order valence-corrected chi connectivity index (χ2v) is 4.16. The summed E-state index contributed by atoms with van der Waals surface area (Å²) in [4.78, 5) is 4.08. The van der Waals surface area contributed by atoms with Crippen LogP contribution < -0.4 is 15.4 Å². The molecular formula is C13H20ClN3O2. The molecule has 0 bridgehead atoms. The van der Waals surface area contributed by atoms with Gasteiger partial charge in [-0.05, 0) is 24.3 Å². The average molecular weight is 286 g/mol. The van der Waals surface area contributed by atoms with Crippen molar-refractivity contribution in [2.45, 2.75) is 0 Å². The number of halogens is 1. The zero-order chi connectivity index (χ0) is 13.9. The summed E-state index contributed by atoms with van der Waals surface area (Å²) in [6, 6.07) is 7.28. The highest BCUT2D eigenvalue weighted by Gasteiger charge is 1.97. The molecule has 0 heterocycles. The minimum absolute atomic E-state index is 0.548. The Balaban J connectivity index is 2.16. The Morgan fingerprint density at radius 2 is 1.79 bits per heavy atom. The SMILES string of the molecule is CN=C(NCCOC)NCCOc1ccc(Cl)cc1. The number of aliphatic imine (C=N–C) groups is 1. The number of guanidine groups is 1. The quantitative estimate of drug-likeness (QED) is 0.453. The van der Waals surface area contributed by atoms with Gasteiger partial charge in [-0.2, -0.15) is 0 Å². The maximum Gasteiger partial charge on any atom is 0.191 e. The van der Waals surface area contributed by atoms with E-state index in [0.29, 0.717) is 31.3 Å². The molecule has 0 aliphatic heterocycles. The molecule has 1 aromatic carbocycles. The summed E-state index contributed by atoms with van der Waals surface area (Å²) >= 11 is 5.79. The summed E-state index contributed by atoms with van der Waals surface area (Å²) in [5, 5.41) is 6.96. The first-order valence-corrected chi connectivity index (χ1v) is 6.46. The number of hydrogen-bond donors (Lipinski definition) is 2. The van der Waals surface area contributed by atoms with E-state index in [0.717, 1.165) is 11.7 Å².